The third kappa shape index (κ3) is 3.75. The summed E-state index contributed by atoms with van der Waals surface area (Å²) in [6.07, 6.45) is 2.63. The Kier molecular flexibility index (Phi) is 4.73. The molecule has 1 atom stereocenters. The maximum Gasteiger partial charge on any atom is 0.152 e. The fourth-order valence-electron chi connectivity index (χ4n) is 2.59. The van der Waals surface area contributed by atoms with Gasteiger partial charge in [-0.3, -0.25) is 0 Å². The molecule has 0 aliphatic carbocycles. The molecule has 1 unspecified atom stereocenters. The molecule has 1 aromatic heterocycles. The van der Waals surface area contributed by atoms with E-state index in [1.54, 1.807) is 0 Å². The van der Waals surface area contributed by atoms with Crippen molar-refractivity contribution in [2.24, 2.45) is 5.92 Å². The minimum Gasteiger partial charge on any atom is -0.370 e. The van der Waals surface area contributed by atoms with E-state index in [4.69, 9.17) is 0 Å². The lowest BCUT2D eigenvalue weighted by atomic mass is 10.1. The summed E-state index contributed by atoms with van der Waals surface area (Å²) in [6, 6.07) is 2.06. The van der Waals surface area contributed by atoms with Gasteiger partial charge in [0.15, 0.2) is 9.84 Å². The number of anilines is 1. The predicted octanol–water partition coefficient (Wildman–Crippen LogP) is 2.26. The van der Waals surface area contributed by atoms with E-state index in [1.807, 2.05) is 4.68 Å². The fourth-order valence-corrected chi connectivity index (χ4v) is 4.29. The lowest BCUT2D eigenvalue weighted by molar-refractivity contribution is 0.494. The highest BCUT2D eigenvalue weighted by Gasteiger charge is 2.31. The first-order chi connectivity index (χ1) is 9.41. The molecule has 1 aromatic rings. The second kappa shape index (κ2) is 6.16. The highest BCUT2D eigenvalue weighted by Crippen LogP contribution is 2.27. The van der Waals surface area contributed by atoms with Gasteiger partial charge in [0, 0.05) is 12.6 Å². The summed E-state index contributed by atoms with van der Waals surface area (Å²) < 4.78 is 25.2. The number of rotatable bonds is 6. The van der Waals surface area contributed by atoms with Gasteiger partial charge >= 0.3 is 0 Å². The van der Waals surface area contributed by atoms with Crippen molar-refractivity contribution in [1.82, 2.24) is 9.78 Å². The molecular formula is C14H25N3O2S. The minimum atomic E-state index is -2.88. The molecule has 0 amide bonds. The minimum absolute atomic E-state index is 0.0136. The predicted molar refractivity (Wildman–Crippen MR) is 81.9 cm³/mol. The summed E-state index contributed by atoms with van der Waals surface area (Å²) in [5, 5.41) is 8.01. The summed E-state index contributed by atoms with van der Waals surface area (Å²) in [5.41, 5.74) is 1.04. The van der Waals surface area contributed by atoms with Crippen LogP contribution in [0.15, 0.2) is 6.07 Å². The molecular weight excluding hydrogens is 274 g/mol. The van der Waals surface area contributed by atoms with Gasteiger partial charge in [-0.25, -0.2) is 13.1 Å². The van der Waals surface area contributed by atoms with Gasteiger partial charge in [0.1, 0.15) is 5.82 Å². The molecule has 2 rings (SSSR count). The van der Waals surface area contributed by atoms with E-state index in [9.17, 15) is 8.42 Å². The maximum atomic E-state index is 11.7. The van der Waals surface area contributed by atoms with Gasteiger partial charge in [0.05, 0.1) is 23.2 Å². The molecule has 1 aliphatic heterocycles. The topological polar surface area (TPSA) is 64.0 Å². The van der Waals surface area contributed by atoms with Crippen LogP contribution in [-0.4, -0.2) is 36.2 Å². The van der Waals surface area contributed by atoms with Gasteiger partial charge in [-0.15, -0.1) is 0 Å². The summed E-state index contributed by atoms with van der Waals surface area (Å²) >= 11 is 0. The Hall–Kier alpha value is -1.04. The third-order valence-corrected chi connectivity index (χ3v) is 5.26. The number of nitrogens with zero attached hydrogens (tertiary/aromatic N) is 2. The number of hydrogen-bond acceptors (Lipinski definition) is 4. The Bertz CT molecular complexity index is 549. The van der Waals surface area contributed by atoms with Crippen molar-refractivity contribution in [1.29, 1.82) is 0 Å². The molecule has 5 nitrogen and oxygen atoms in total. The van der Waals surface area contributed by atoms with Crippen LogP contribution in [0, 0.1) is 5.92 Å². The Morgan fingerprint density at radius 2 is 2.25 bits per heavy atom. The molecule has 114 valence electrons. The van der Waals surface area contributed by atoms with Crippen molar-refractivity contribution in [3.8, 4) is 0 Å². The zero-order valence-corrected chi connectivity index (χ0v) is 13.4. The Balaban J connectivity index is 2.22. The van der Waals surface area contributed by atoms with E-state index in [-0.39, 0.29) is 17.5 Å². The normalized spacial score (nSPS) is 21.5. The van der Waals surface area contributed by atoms with E-state index < -0.39 is 9.84 Å². The molecule has 1 fully saturated rings. The van der Waals surface area contributed by atoms with E-state index in [0.29, 0.717) is 12.3 Å². The van der Waals surface area contributed by atoms with Crippen molar-refractivity contribution >= 4 is 15.7 Å². The molecule has 1 aliphatic rings. The molecule has 20 heavy (non-hydrogen) atoms. The molecule has 1 N–H and O–H groups in total. The number of nitrogens with one attached hydrogen (secondary N) is 1. The van der Waals surface area contributed by atoms with E-state index in [0.717, 1.165) is 30.9 Å². The Labute approximate surface area is 121 Å². The van der Waals surface area contributed by atoms with Gasteiger partial charge in [0.25, 0.3) is 0 Å². The van der Waals surface area contributed by atoms with Crippen molar-refractivity contribution in [2.45, 2.75) is 46.1 Å². The summed E-state index contributed by atoms with van der Waals surface area (Å²) in [5.74, 6) is 2.01. The van der Waals surface area contributed by atoms with Crippen molar-refractivity contribution in [3.05, 3.63) is 11.8 Å². The van der Waals surface area contributed by atoms with Gasteiger partial charge in [-0.1, -0.05) is 20.8 Å². The third-order valence-electron chi connectivity index (χ3n) is 3.51. The molecule has 2 heterocycles. The molecule has 0 aromatic carbocycles. The van der Waals surface area contributed by atoms with E-state index in [2.05, 4.69) is 37.3 Å². The van der Waals surface area contributed by atoms with Crippen molar-refractivity contribution < 1.29 is 8.42 Å². The van der Waals surface area contributed by atoms with Gasteiger partial charge < -0.3 is 5.32 Å². The maximum absolute atomic E-state index is 11.7. The standard InChI is InChI=1S/C14H25N3O2S/c1-4-6-15-14-9-12(8-11(2)3)16-17(14)13-5-7-20(18,19)10-13/h9,11,13,15H,4-8,10H2,1-3H3. The van der Waals surface area contributed by atoms with Crippen LogP contribution in [0.4, 0.5) is 5.82 Å². The first-order valence-corrected chi connectivity index (χ1v) is 9.26. The summed E-state index contributed by atoms with van der Waals surface area (Å²) in [7, 11) is -2.88. The number of sulfone groups is 1. The van der Waals surface area contributed by atoms with Crippen LogP contribution < -0.4 is 5.32 Å². The Morgan fingerprint density at radius 1 is 1.50 bits per heavy atom. The smallest absolute Gasteiger partial charge is 0.152 e. The average Bonchev–Trinajstić information content (AvgIpc) is 2.89. The highest BCUT2D eigenvalue weighted by molar-refractivity contribution is 7.91. The molecule has 0 spiro atoms. The summed E-state index contributed by atoms with van der Waals surface area (Å²) in [6.45, 7) is 7.32. The second-order valence-electron chi connectivity index (χ2n) is 6.05. The van der Waals surface area contributed by atoms with Crippen molar-refractivity contribution in [2.75, 3.05) is 23.4 Å². The van der Waals surface area contributed by atoms with Crippen LogP contribution in [0.3, 0.4) is 0 Å². The quantitative estimate of drug-likeness (QED) is 0.875. The van der Waals surface area contributed by atoms with Crippen LogP contribution in [0.1, 0.15) is 45.3 Å². The second-order valence-corrected chi connectivity index (χ2v) is 8.28. The fraction of sp³-hybridized carbons (Fsp3) is 0.786. The Morgan fingerprint density at radius 3 is 2.80 bits per heavy atom. The molecule has 0 bridgehead atoms. The lowest BCUT2D eigenvalue weighted by Gasteiger charge is -2.14. The van der Waals surface area contributed by atoms with Gasteiger partial charge in [-0.05, 0) is 25.2 Å². The van der Waals surface area contributed by atoms with Gasteiger partial charge in [0.2, 0.25) is 0 Å². The van der Waals surface area contributed by atoms with Crippen LogP contribution in [0.25, 0.3) is 0 Å². The van der Waals surface area contributed by atoms with Gasteiger partial charge in [-0.2, -0.15) is 5.10 Å². The van der Waals surface area contributed by atoms with E-state index >= 15 is 0 Å². The zero-order valence-electron chi connectivity index (χ0n) is 12.6. The van der Waals surface area contributed by atoms with Crippen LogP contribution in [0.2, 0.25) is 0 Å². The number of hydrogen-bond donors (Lipinski definition) is 1. The van der Waals surface area contributed by atoms with Crippen LogP contribution >= 0.6 is 0 Å². The molecule has 0 saturated carbocycles. The highest BCUT2D eigenvalue weighted by atomic mass is 32.2. The first-order valence-electron chi connectivity index (χ1n) is 7.44. The van der Waals surface area contributed by atoms with Crippen molar-refractivity contribution in [3.63, 3.8) is 0 Å². The van der Waals surface area contributed by atoms with Crippen LogP contribution in [0.5, 0.6) is 0 Å². The average molecular weight is 299 g/mol. The molecule has 6 heteroatoms. The monoisotopic (exact) mass is 299 g/mol. The van der Waals surface area contributed by atoms with E-state index in [1.165, 1.54) is 0 Å². The first kappa shape index (κ1) is 15.4. The SMILES string of the molecule is CCCNc1cc(CC(C)C)nn1C1CCS(=O)(=O)C1. The zero-order chi connectivity index (χ0) is 14.8. The lowest BCUT2D eigenvalue weighted by Crippen LogP contribution is -2.16. The summed E-state index contributed by atoms with van der Waals surface area (Å²) in [4.78, 5) is 0. The molecule has 0 radical (unpaired) electrons. The number of aromatic nitrogens is 2. The largest absolute Gasteiger partial charge is 0.370 e. The van der Waals surface area contributed by atoms with Crippen LogP contribution in [-0.2, 0) is 16.3 Å². The molecule has 1 saturated heterocycles.